The third-order valence-corrected chi connectivity index (χ3v) is 5.22. The average molecular weight is 359 g/mol. The van der Waals surface area contributed by atoms with Crippen molar-refractivity contribution in [2.45, 2.75) is 44.7 Å². The number of carbonyl (C=O) groups is 3. The Morgan fingerprint density at radius 1 is 1.12 bits per heavy atom. The number of carbonyl (C=O) groups excluding carboxylic acids is 3. The fraction of sp³-hybridized carbons (Fsp3) is 0.812. The number of nitrogens with one attached hydrogen (secondary N) is 1. The van der Waals surface area contributed by atoms with Gasteiger partial charge < -0.3 is 20.0 Å². The Balaban J connectivity index is 0.00000208. The lowest BCUT2D eigenvalue weighted by Crippen LogP contribution is -2.59. The van der Waals surface area contributed by atoms with Crippen molar-refractivity contribution in [3.63, 3.8) is 0 Å². The topological polar surface area (TPSA) is 73.0 Å². The predicted octanol–water partition coefficient (Wildman–Crippen LogP) is -0.158. The van der Waals surface area contributed by atoms with Gasteiger partial charge in [-0.3, -0.25) is 14.4 Å². The van der Waals surface area contributed by atoms with Crippen LogP contribution in [0.1, 0.15) is 32.6 Å². The van der Waals surface area contributed by atoms with Crippen LogP contribution in [0.5, 0.6) is 0 Å². The van der Waals surface area contributed by atoms with Crippen LogP contribution in [0.15, 0.2) is 0 Å². The molecule has 3 saturated heterocycles. The molecule has 3 heterocycles. The van der Waals surface area contributed by atoms with Gasteiger partial charge in [0.15, 0.2) is 0 Å². The van der Waals surface area contributed by atoms with E-state index in [1.54, 1.807) is 4.90 Å². The molecule has 136 valence electrons. The summed E-state index contributed by atoms with van der Waals surface area (Å²) < 4.78 is 0. The second kappa shape index (κ2) is 8.16. The average Bonchev–Trinajstić information content (AvgIpc) is 3.04. The van der Waals surface area contributed by atoms with E-state index < -0.39 is 0 Å². The number of likely N-dealkylation sites (tertiary alicyclic amines) is 2. The van der Waals surface area contributed by atoms with Gasteiger partial charge in [0.05, 0.1) is 6.54 Å². The van der Waals surface area contributed by atoms with Crippen molar-refractivity contribution < 1.29 is 14.4 Å². The van der Waals surface area contributed by atoms with E-state index in [1.165, 1.54) is 6.92 Å². The molecule has 3 fully saturated rings. The highest BCUT2D eigenvalue weighted by atomic mass is 35.5. The Hall–Kier alpha value is -1.34. The van der Waals surface area contributed by atoms with E-state index in [-0.39, 0.29) is 42.2 Å². The molecule has 0 saturated carbocycles. The first-order valence-corrected chi connectivity index (χ1v) is 8.64. The summed E-state index contributed by atoms with van der Waals surface area (Å²) in [5, 5.41) is 3.08. The lowest BCUT2D eigenvalue weighted by atomic mass is 10.0. The second-order valence-electron chi connectivity index (χ2n) is 6.71. The minimum absolute atomic E-state index is 0. The van der Waals surface area contributed by atoms with Gasteiger partial charge in [0, 0.05) is 45.7 Å². The molecular formula is C16H27ClN4O3. The van der Waals surface area contributed by atoms with Gasteiger partial charge in [-0.05, 0) is 25.7 Å². The molecule has 8 heteroatoms. The lowest BCUT2D eigenvalue weighted by Gasteiger charge is -2.42. The minimum atomic E-state index is -0.301. The van der Waals surface area contributed by atoms with Crippen LogP contribution < -0.4 is 5.32 Å². The Labute approximate surface area is 149 Å². The molecule has 2 unspecified atom stereocenters. The van der Waals surface area contributed by atoms with Gasteiger partial charge in [-0.1, -0.05) is 0 Å². The van der Waals surface area contributed by atoms with Crippen molar-refractivity contribution in [3.8, 4) is 0 Å². The summed E-state index contributed by atoms with van der Waals surface area (Å²) in [6.07, 6.45) is 3.52. The molecule has 7 nitrogen and oxygen atoms in total. The molecule has 0 aromatic carbocycles. The van der Waals surface area contributed by atoms with E-state index in [0.717, 1.165) is 38.8 Å². The summed E-state index contributed by atoms with van der Waals surface area (Å²) in [6.45, 7) is 5.48. The molecule has 2 atom stereocenters. The molecule has 1 N–H and O–H groups in total. The first-order chi connectivity index (χ1) is 11.1. The summed E-state index contributed by atoms with van der Waals surface area (Å²) in [6, 6.07) is -0.181. The van der Waals surface area contributed by atoms with E-state index in [1.807, 2.05) is 9.80 Å². The number of amides is 3. The van der Waals surface area contributed by atoms with Crippen LogP contribution in [-0.2, 0) is 14.4 Å². The highest BCUT2D eigenvalue weighted by Gasteiger charge is 2.38. The number of halogens is 1. The highest BCUT2D eigenvalue weighted by molar-refractivity contribution is 5.87. The summed E-state index contributed by atoms with van der Waals surface area (Å²) >= 11 is 0. The van der Waals surface area contributed by atoms with E-state index in [4.69, 9.17) is 0 Å². The molecular weight excluding hydrogens is 332 g/mol. The van der Waals surface area contributed by atoms with E-state index in [9.17, 15) is 14.4 Å². The molecule has 0 bridgehead atoms. The van der Waals surface area contributed by atoms with Gasteiger partial charge in [0.2, 0.25) is 17.7 Å². The number of rotatable bonds is 2. The van der Waals surface area contributed by atoms with Gasteiger partial charge in [0.25, 0.3) is 0 Å². The number of hydrogen-bond donors (Lipinski definition) is 1. The molecule has 0 aromatic rings. The quantitative estimate of drug-likeness (QED) is 0.744. The van der Waals surface area contributed by atoms with Crippen LogP contribution in [0.25, 0.3) is 0 Å². The number of piperidine rings is 1. The minimum Gasteiger partial charge on any atom is -0.339 e. The maximum Gasteiger partial charge on any atom is 0.245 e. The summed E-state index contributed by atoms with van der Waals surface area (Å²) in [5.41, 5.74) is 0. The Bertz CT molecular complexity index is 502. The number of hydrogen-bond acceptors (Lipinski definition) is 4. The van der Waals surface area contributed by atoms with Gasteiger partial charge in [-0.2, -0.15) is 0 Å². The standard InChI is InChI=1S/C16H26N4O3.ClH/c1-12(21)19-8-3-5-14(19)16(23)18-7-2-4-13(11-18)20-9-6-17-10-15(20)22;/h13-14,17H,2-11H2,1H3;1H. The Morgan fingerprint density at radius 2 is 1.88 bits per heavy atom. The van der Waals surface area contributed by atoms with Gasteiger partial charge in [0.1, 0.15) is 6.04 Å². The smallest absolute Gasteiger partial charge is 0.245 e. The maximum absolute atomic E-state index is 12.8. The van der Waals surface area contributed by atoms with Crippen molar-refractivity contribution in [1.29, 1.82) is 0 Å². The van der Waals surface area contributed by atoms with E-state index in [0.29, 0.717) is 26.2 Å². The van der Waals surface area contributed by atoms with E-state index >= 15 is 0 Å². The molecule has 3 amide bonds. The second-order valence-corrected chi connectivity index (χ2v) is 6.71. The first kappa shape index (κ1) is 19.0. The molecule has 0 aromatic heterocycles. The van der Waals surface area contributed by atoms with Gasteiger partial charge >= 0.3 is 0 Å². The zero-order valence-corrected chi connectivity index (χ0v) is 15.0. The van der Waals surface area contributed by atoms with Crippen molar-refractivity contribution >= 4 is 30.1 Å². The zero-order valence-electron chi connectivity index (χ0n) is 14.2. The summed E-state index contributed by atoms with van der Waals surface area (Å²) in [7, 11) is 0. The lowest BCUT2D eigenvalue weighted by molar-refractivity contribution is -0.146. The maximum atomic E-state index is 12.8. The van der Waals surface area contributed by atoms with Crippen LogP contribution >= 0.6 is 12.4 Å². The van der Waals surface area contributed by atoms with Crippen molar-refractivity contribution in [2.24, 2.45) is 0 Å². The van der Waals surface area contributed by atoms with Crippen LogP contribution in [-0.4, -0.2) is 83.8 Å². The zero-order chi connectivity index (χ0) is 16.4. The number of nitrogens with zero attached hydrogens (tertiary/aromatic N) is 3. The largest absolute Gasteiger partial charge is 0.339 e. The van der Waals surface area contributed by atoms with Crippen LogP contribution in [0.2, 0.25) is 0 Å². The van der Waals surface area contributed by atoms with E-state index in [2.05, 4.69) is 5.32 Å². The Kier molecular flexibility index (Phi) is 6.46. The van der Waals surface area contributed by atoms with Crippen molar-refractivity contribution in [2.75, 3.05) is 39.3 Å². The van der Waals surface area contributed by atoms with Gasteiger partial charge in [-0.15, -0.1) is 12.4 Å². The first-order valence-electron chi connectivity index (χ1n) is 8.64. The van der Waals surface area contributed by atoms with Crippen LogP contribution in [0, 0.1) is 0 Å². The van der Waals surface area contributed by atoms with Crippen molar-refractivity contribution in [3.05, 3.63) is 0 Å². The highest BCUT2D eigenvalue weighted by Crippen LogP contribution is 2.23. The molecule has 3 aliphatic heterocycles. The molecule has 0 spiro atoms. The molecule has 3 aliphatic rings. The van der Waals surface area contributed by atoms with Gasteiger partial charge in [-0.25, -0.2) is 0 Å². The third-order valence-electron chi connectivity index (χ3n) is 5.22. The normalized spacial score (nSPS) is 27.9. The molecule has 3 rings (SSSR count). The predicted molar refractivity (Wildman–Crippen MR) is 91.8 cm³/mol. The van der Waals surface area contributed by atoms with Crippen LogP contribution in [0.4, 0.5) is 0 Å². The van der Waals surface area contributed by atoms with Crippen LogP contribution in [0.3, 0.4) is 0 Å². The summed E-state index contributed by atoms with van der Waals surface area (Å²) in [4.78, 5) is 42.1. The Morgan fingerprint density at radius 3 is 2.58 bits per heavy atom. The molecule has 0 radical (unpaired) electrons. The number of piperazine rings is 1. The third kappa shape index (κ3) is 3.83. The SMILES string of the molecule is CC(=O)N1CCCC1C(=O)N1CCCC(N2CCNCC2=O)C1.Cl. The monoisotopic (exact) mass is 358 g/mol. The molecule has 0 aliphatic carbocycles. The summed E-state index contributed by atoms with van der Waals surface area (Å²) in [5.74, 6) is 0.165. The fourth-order valence-corrected chi connectivity index (χ4v) is 4.03. The van der Waals surface area contributed by atoms with Crippen molar-refractivity contribution in [1.82, 2.24) is 20.0 Å². The molecule has 24 heavy (non-hydrogen) atoms. The fourth-order valence-electron chi connectivity index (χ4n) is 4.03.